The zero-order valence-electron chi connectivity index (χ0n) is 17.3. The Bertz CT molecular complexity index is 1120. The number of ketones is 2. The van der Waals surface area contributed by atoms with Crippen molar-refractivity contribution in [2.24, 2.45) is 17.6 Å². The number of carbonyl (C=O) groups excluding carboxylic acids is 3. The Kier molecular flexibility index (Phi) is 4.53. The lowest BCUT2D eigenvalue weighted by Crippen LogP contribution is -2.65. The van der Waals surface area contributed by atoms with Crippen molar-refractivity contribution in [2.45, 2.75) is 31.4 Å². The van der Waals surface area contributed by atoms with Crippen molar-refractivity contribution < 1.29 is 34.8 Å². The van der Waals surface area contributed by atoms with E-state index in [-0.39, 0.29) is 23.3 Å². The van der Waals surface area contributed by atoms with E-state index in [2.05, 4.69) is 0 Å². The molecule has 3 aliphatic carbocycles. The molecule has 6 N–H and O–H groups in total. The van der Waals surface area contributed by atoms with E-state index < -0.39 is 58.0 Å². The Hall–Kier alpha value is -3.17. The number of hydrogen-bond acceptors (Lipinski definition) is 8. The number of phenols is 1. The number of nitrogens with zero attached hydrogens (tertiary/aromatic N) is 1. The van der Waals surface area contributed by atoms with Crippen molar-refractivity contribution >= 4 is 23.2 Å². The molecule has 4 atom stereocenters. The zero-order chi connectivity index (χ0) is 23.0. The van der Waals surface area contributed by atoms with Crippen LogP contribution in [0.2, 0.25) is 0 Å². The number of amides is 1. The van der Waals surface area contributed by atoms with Gasteiger partial charge in [0.1, 0.15) is 22.8 Å². The van der Waals surface area contributed by atoms with Crippen molar-refractivity contribution in [3.05, 3.63) is 45.7 Å². The van der Waals surface area contributed by atoms with Crippen LogP contribution in [0.5, 0.6) is 5.75 Å². The lowest BCUT2D eigenvalue weighted by Gasteiger charge is -2.50. The van der Waals surface area contributed by atoms with Crippen LogP contribution < -0.4 is 5.73 Å². The van der Waals surface area contributed by atoms with Crippen molar-refractivity contribution in [1.29, 1.82) is 0 Å². The number of fused-ring (bicyclic) bond motifs is 3. The second-order valence-electron chi connectivity index (χ2n) is 8.72. The lowest BCUT2D eigenvalue weighted by atomic mass is 9.57. The van der Waals surface area contributed by atoms with E-state index in [1.165, 1.54) is 11.0 Å². The van der Waals surface area contributed by atoms with Gasteiger partial charge in [-0.3, -0.25) is 19.3 Å². The first-order chi connectivity index (χ1) is 14.4. The number of likely N-dealkylation sites (N-methyl/N-ethyl adjacent to an activating group) is 1. The van der Waals surface area contributed by atoms with Crippen LogP contribution in [0.25, 0.3) is 5.76 Å². The van der Waals surface area contributed by atoms with E-state index in [9.17, 15) is 34.8 Å². The maximum Gasteiger partial charge on any atom is 0.255 e. The van der Waals surface area contributed by atoms with Gasteiger partial charge in [0, 0.05) is 11.5 Å². The predicted octanol–water partition coefficient (Wildman–Crippen LogP) is 0.272. The minimum Gasteiger partial charge on any atom is -0.508 e. The Labute approximate surface area is 178 Å². The topological polar surface area (TPSA) is 161 Å². The highest BCUT2D eigenvalue weighted by Gasteiger charge is 2.64. The molecule has 4 rings (SSSR count). The highest BCUT2D eigenvalue weighted by molar-refractivity contribution is 6.24. The number of rotatable bonds is 2. The third kappa shape index (κ3) is 2.60. The van der Waals surface area contributed by atoms with Crippen LogP contribution in [-0.4, -0.2) is 68.5 Å². The standard InChI is InChI=1S/C22H24N2O7/c1-8-4-5-12(25)14-10(8)6-9-7-11-16(24(2)3)18(27)15(21(23)30)20(29)22(11,31)19(28)13(9)17(14)26/h4-5,9,11,16,25-26,29,31H,6-7H2,1-3H3,(H2,23,30)/t9-,11-,16?,22-/m0/s1. The van der Waals surface area contributed by atoms with E-state index in [1.54, 1.807) is 20.2 Å². The molecule has 0 bridgehead atoms. The molecule has 1 amide bonds. The number of hydrogen-bond donors (Lipinski definition) is 5. The van der Waals surface area contributed by atoms with Crippen molar-refractivity contribution in [1.82, 2.24) is 4.90 Å². The van der Waals surface area contributed by atoms with Gasteiger partial charge in [-0.05, 0) is 57.0 Å². The zero-order valence-corrected chi connectivity index (χ0v) is 17.3. The molecule has 9 heteroatoms. The number of benzene rings is 1. The Balaban J connectivity index is 1.99. The van der Waals surface area contributed by atoms with E-state index in [4.69, 9.17) is 5.73 Å². The first-order valence-electron chi connectivity index (χ1n) is 9.89. The number of phenolic OH excluding ortho intramolecular Hbond substituents is 1. The van der Waals surface area contributed by atoms with E-state index >= 15 is 0 Å². The van der Waals surface area contributed by atoms with Crippen LogP contribution >= 0.6 is 0 Å². The fraction of sp³-hybridized carbons (Fsp3) is 0.409. The SMILES string of the molecule is Cc1ccc(O)c2c1C[C@H]1C[C@H]3C(N(C)C)C(=O)C(C(N)=O)=C(O)[C@@]3(O)C(=O)C1=C2O. The van der Waals surface area contributed by atoms with Gasteiger partial charge in [-0.1, -0.05) is 6.07 Å². The number of aliphatic hydroxyl groups is 3. The molecule has 1 fully saturated rings. The van der Waals surface area contributed by atoms with Gasteiger partial charge in [0.2, 0.25) is 5.78 Å². The second-order valence-corrected chi connectivity index (χ2v) is 8.72. The number of aliphatic hydroxyl groups excluding tert-OH is 2. The van der Waals surface area contributed by atoms with Crippen LogP contribution in [0.15, 0.2) is 29.0 Å². The van der Waals surface area contributed by atoms with E-state index in [1.807, 2.05) is 6.92 Å². The largest absolute Gasteiger partial charge is 0.508 e. The summed E-state index contributed by atoms with van der Waals surface area (Å²) in [5.41, 5.74) is 3.30. The van der Waals surface area contributed by atoms with Crippen molar-refractivity contribution in [3.8, 4) is 5.75 Å². The minimum absolute atomic E-state index is 0.0842. The summed E-state index contributed by atoms with van der Waals surface area (Å²) < 4.78 is 0. The van der Waals surface area contributed by atoms with Crippen LogP contribution in [0.4, 0.5) is 0 Å². The lowest BCUT2D eigenvalue weighted by molar-refractivity contribution is -0.153. The molecule has 1 aromatic carbocycles. The first-order valence-corrected chi connectivity index (χ1v) is 9.89. The maximum absolute atomic E-state index is 13.6. The predicted molar refractivity (Wildman–Crippen MR) is 109 cm³/mol. The molecule has 31 heavy (non-hydrogen) atoms. The van der Waals surface area contributed by atoms with Gasteiger partial charge in [0.15, 0.2) is 11.4 Å². The van der Waals surface area contributed by atoms with Crippen molar-refractivity contribution in [3.63, 3.8) is 0 Å². The summed E-state index contributed by atoms with van der Waals surface area (Å²) in [7, 11) is 3.13. The van der Waals surface area contributed by atoms with Gasteiger partial charge in [-0.25, -0.2) is 0 Å². The quantitative estimate of drug-likeness (QED) is 0.420. The normalized spacial score (nSPS) is 30.3. The van der Waals surface area contributed by atoms with Gasteiger partial charge < -0.3 is 26.2 Å². The van der Waals surface area contributed by atoms with Crippen LogP contribution in [0.1, 0.15) is 23.1 Å². The Morgan fingerprint density at radius 2 is 1.84 bits per heavy atom. The number of Topliss-reactive ketones (excluding diaryl/α,β-unsaturated/α-hetero) is 2. The first kappa shape index (κ1) is 21.1. The number of aromatic hydroxyl groups is 1. The molecule has 1 unspecified atom stereocenters. The highest BCUT2D eigenvalue weighted by Crippen LogP contribution is 2.52. The van der Waals surface area contributed by atoms with Gasteiger partial charge in [-0.15, -0.1) is 0 Å². The maximum atomic E-state index is 13.6. The molecule has 164 valence electrons. The molecule has 1 saturated carbocycles. The van der Waals surface area contributed by atoms with Crippen LogP contribution in [0.3, 0.4) is 0 Å². The smallest absolute Gasteiger partial charge is 0.255 e. The fourth-order valence-electron chi connectivity index (χ4n) is 5.40. The summed E-state index contributed by atoms with van der Waals surface area (Å²) in [5, 5.41) is 43.4. The summed E-state index contributed by atoms with van der Waals surface area (Å²) >= 11 is 0. The number of primary amides is 1. The molecule has 0 saturated heterocycles. The van der Waals surface area contributed by atoms with Gasteiger partial charge in [0.05, 0.1) is 11.6 Å². The summed E-state index contributed by atoms with van der Waals surface area (Å²) in [6.07, 6.45) is 0.385. The second kappa shape index (κ2) is 6.66. The van der Waals surface area contributed by atoms with Gasteiger partial charge in [-0.2, -0.15) is 0 Å². The summed E-state index contributed by atoms with van der Waals surface area (Å²) in [6, 6.07) is 2.02. The van der Waals surface area contributed by atoms with Crippen LogP contribution in [-0.2, 0) is 20.8 Å². The van der Waals surface area contributed by atoms with E-state index in [0.717, 1.165) is 5.56 Å². The molecule has 0 aliphatic heterocycles. The molecule has 9 nitrogen and oxygen atoms in total. The molecule has 1 aromatic rings. The average molecular weight is 428 g/mol. The average Bonchev–Trinajstić information content (AvgIpc) is 2.67. The van der Waals surface area contributed by atoms with Gasteiger partial charge >= 0.3 is 0 Å². The molecule has 0 aromatic heterocycles. The molecule has 0 heterocycles. The molecule has 0 spiro atoms. The Morgan fingerprint density at radius 3 is 2.42 bits per heavy atom. The fourth-order valence-corrected chi connectivity index (χ4v) is 5.40. The Morgan fingerprint density at radius 1 is 1.19 bits per heavy atom. The molecular weight excluding hydrogens is 404 g/mol. The molecule has 3 aliphatic rings. The van der Waals surface area contributed by atoms with E-state index in [0.29, 0.717) is 12.0 Å². The summed E-state index contributed by atoms with van der Waals surface area (Å²) in [6.45, 7) is 1.82. The third-order valence-corrected chi connectivity index (χ3v) is 6.84. The number of carbonyl (C=O) groups is 3. The monoisotopic (exact) mass is 428 g/mol. The highest BCUT2D eigenvalue weighted by atomic mass is 16.3. The van der Waals surface area contributed by atoms with Gasteiger partial charge in [0.25, 0.3) is 5.91 Å². The summed E-state index contributed by atoms with van der Waals surface area (Å²) in [4.78, 5) is 39.9. The molecule has 0 radical (unpaired) electrons. The van der Waals surface area contributed by atoms with Crippen LogP contribution in [0, 0.1) is 18.8 Å². The number of nitrogens with two attached hydrogens (primary N) is 1. The minimum atomic E-state index is -2.61. The summed E-state index contributed by atoms with van der Waals surface area (Å²) in [5.74, 6) is -6.42. The third-order valence-electron chi connectivity index (χ3n) is 6.84. The number of aryl methyl sites for hydroxylation is 1. The molecular formula is C22H24N2O7. The van der Waals surface area contributed by atoms with Crippen molar-refractivity contribution in [2.75, 3.05) is 14.1 Å².